The van der Waals surface area contributed by atoms with Crippen LogP contribution in [0.4, 0.5) is 0 Å². The Bertz CT molecular complexity index is 209. The molecule has 0 rings (SSSR count). The van der Waals surface area contributed by atoms with Crippen LogP contribution in [0, 0.1) is 0 Å². The van der Waals surface area contributed by atoms with E-state index < -0.39 is 6.04 Å². The van der Waals surface area contributed by atoms with E-state index in [0.29, 0.717) is 26.1 Å². The molecule has 0 bridgehead atoms. The highest BCUT2D eigenvalue weighted by Gasteiger charge is 2.19. The lowest BCUT2D eigenvalue weighted by Crippen LogP contribution is -2.45. The first-order valence-electron chi connectivity index (χ1n) is 5.42. The zero-order chi connectivity index (χ0) is 12.4. The van der Waals surface area contributed by atoms with Gasteiger partial charge in [-0.15, -0.1) is 6.58 Å². The molecule has 16 heavy (non-hydrogen) atoms. The third-order valence-electron chi connectivity index (χ3n) is 2.21. The van der Waals surface area contributed by atoms with E-state index in [1.165, 1.54) is 4.90 Å². The van der Waals surface area contributed by atoms with Crippen LogP contribution in [0.1, 0.15) is 12.8 Å². The van der Waals surface area contributed by atoms with Crippen LogP contribution in [0.5, 0.6) is 0 Å². The molecule has 0 heterocycles. The Hall–Kier alpha value is -0.910. The van der Waals surface area contributed by atoms with E-state index in [9.17, 15) is 4.79 Å². The molecule has 0 fully saturated rings. The summed E-state index contributed by atoms with van der Waals surface area (Å²) in [6.07, 6.45) is 2.96. The Morgan fingerprint density at radius 2 is 2.38 bits per heavy atom. The van der Waals surface area contributed by atoms with Crippen molar-refractivity contribution in [2.45, 2.75) is 18.9 Å². The standard InChI is InChI=1S/C11H22N2O3/c1-3-6-13(7-8-14)11(15)10(12)5-4-9-16-2/h3,10,14H,1,4-9,12H2,2H3. The van der Waals surface area contributed by atoms with Crippen molar-refractivity contribution in [2.24, 2.45) is 5.73 Å². The molecule has 5 heteroatoms. The van der Waals surface area contributed by atoms with Gasteiger partial charge in [0.05, 0.1) is 12.6 Å². The Labute approximate surface area is 96.9 Å². The first-order chi connectivity index (χ1) is 7.67. The lowest BCUT2D eigenvalue weighted by atomic mass is 10.1. The van der Waals surface area contributed by atoms with E-state index in [0.717, 1.165) is 6.42 Å². The Morgan fingerprint density at radius 1 is 1.69 bits per heavy atom. The summed E-state index contributed by atoms with van der Waals surface area (Å²) in [5.74, 6) is -0.148. The van der Waals surface area contributed by atoms with Crippen LogP contribution in [0.25, 0.3) is 0 Å². The zero-order valence-corrected chi connectivity index (χ0v) is 9.89. The second-order valence-electron chi connectivity index (χ2n) is 3.54. The highest BCUT2D eigenvalue weighted by Crippen LogP contribution is 2.01. The lowest BCUT2D eigenvalue weighted by molar-refractivity contribution is -0.132. The molecule has 1 unspecified atom stereocenters. The van der Waals surface area contributed by atoms with Gasteiger partial charge in [-0.05, 0) is 12.8 Å². The minimum atomic E-state index is -0.526. The van der Waals surface area contributed by atoms with Gasteiger partial charge in [-0.25, -0.2) is 0 Å². The van der Waals surface area contributed by atoms with Crippen molar-refractivity contribution in [3.05, 3.63) is 12.7 Å². The molecule has 0 spiro atoms. The van der Waals surface area contributed by atoms with Crippen LogP contribution in [-0.2, 0) is 9.53 Å². The maximum Gasteiger partial charge on any atom is 0.239 e. The van der Waals surface area contributed by atoms with Crippen LogP contribution >= 0.6 is 0 Å². The summed E-state index contributed by atoms with van der Waals surface area (Å²) in [6, 6.07) is -0.526. The van der Waals surface area contributed by atoms with E-state index in [4.69, 9.17) is 15.6 Å². The summed E-state index contributed by atoms with van der Waals surface area (Å²) in [7, 11) is 1.61. The number of hydrogen-bond acceptors (Lipinski definition) is 4. The molecule has 5 nitrogen and oxygen atoms in total. The van der Waals surface area contributed by atoms with E-state index in [2.05, 4.69) is 6.58 Å². The number of methoxy groups -OCH3 is 1. The summed E-state index contributed by atoms with van der Waals surface area (Å²) < 4.78 is 4.89. The third kappa shape index (κ3) is 5.85. The number of ether oxygens (including phenoxy) is 1. The Balaban J connectivity index is 4.08. The topological polar surface area (TPSA) is 75.8 Å². The molecule has 0 radical (unpaired) electrons. The van der Waals surface area contributed by atoms with Crippen LogP contribution in [-0.4, -0.2) is 55.4 Å². The molecule has 0 aliphatic rings. The van der Waals surface area contributed by atoms with Crippen LogP contribution in [0.2, 0.25) is 0 Å². The fourth-order valence-electron chi connectivity index (χ4n) is 1.37. The number of amides is 1. The van der Waals surface area contributed by atoms with Gasteiger partial charge in [0.15, 0.2) is 0 Å². The molecule has 0 aromatic rings. The van der Waals surface area contributed by atoms with E-state index in [1.54, 1.807) is 13.2 Å². The van der Waals surface area contributed by atoms with Gasteiger partial charge in [0.2, 0.25) is 5.91 Å². The molecule has 0 aliphatic carbocycles. The highest BCUT2D eigenvalue weighted by molar-refractivity contribution is 5.81. The number of aliphatic hydroxyl groups is 1. The maximum atomic E-state index is 11.8. The van der Waals surface area contributed by atoms with Crippen molar-refractivity contribution in [1.82, 2.24) is 4.90 Å². The maximum absolute atomic E-state index is 11.8. The highest BCUT2D eigenvalue weighted by atomic mass is 16.5. The molecule has 0 aliphatic heterocycles. The number of nitrogens with two attached hydrogens (primary N) is 1. The van der Waals surface area contributed by atoms with Gasteiger partial charge in [-0.2, -0.15) is 0 Å². The van der Waals surface area contributed by atoms with Crippen LogP contribution in [0.15, 0.2) is 12.7 Å². The van der Waals surface area contributed by atoms with Gasteiger partial charge in [0.1, 0.15) is 0 Å². The molecule has 1 atom stereocenters. The van der Waals surface area contributed by atoms with Crippen molar-refractivity contribution in [1.29, 1.82) is 0 Å². The molecule has 3 N–H and O–H groups in total. The van der Waals surface area contributed by atoms with Crippen molar-refractivity contribution >= 4 is 5.91 Å². The fourth-order valence-corrected chi connectivity index (χ4v) is 1.37. The quantitative estimate of drug-likeness (QED) is 0.423. The van der Waals surface area contributed by atoms with E-state index in [-0.39, 0.29) is 12.5 Å². The minimum Gasteiger partial charge on any atom is -0.395 e. The molecule has 0 saturated heterocycles. The van der Waals surface area contributed by atoms with Gasteiger partial charge >= 0.3 is 0 Å². The molecule has 0 aromatic heterocycles. The number of hydrogen-bond donors (Lipinski definition) is 2. The molecular weight excluding hydrogens is 208 g/mol. The van der Waals surface area contributed by atoms with E-state index in [1.807, 2.05) is 0 Å². The second kappa shape index (κ2) is 9.33. The number of carbonyl (C=O) groups excluding carboxylic acids is 1. The predicted octanol–water partition coefficient (Wildman–Crippen LogP) is -0.253. The molecule has 0 saturated carbocycles. The van der Waals surface area contributed by atoms with Crippen molar-refractivity contribution < 1.29 is 14.6 Å². The zero-order valence-electron chi connectivity index (χ0n) is 9.89. The fraction of sp³-hybridized carbons (Fsp3) is 0.727. The van der Waals surface area contributed by atoms with Crippen molar-refractivity contribution in [3.8, 4) is 0 Å². The van der Waals surface area contributed by atoms with Gasteiger partial charge in [0, 0.05) is 26.8 Å². The summed E-state index contributed by atoms with van der Waals surface area (Å²) in [6.45, 7) is 4.81. The number of carbonyl (C=O) groups is 1. The average Bonchev–Trinajstić information content (AvgIpc) is 2.28. The monoisotopic (exact) mass is 230 g/mol. The van der Waals surface area contributed by atoms with Gasteiger partial charge in [-0.3, -0.25) is 4.79 Å². The lowest BCUT2D eigenvalue weighted by Gasteiger charge is -2.23. The summed E-state index contributed by atoms with van der Waals surface area (Å²) in [5.41, 5.74) is 5.76. The number of nitrogens with zero attached hydrogens (tertiary/aromatic N) is 1. The average molecular weight is 230 g/mol. The molecule has 1 amide bonds. The van der Waals surface area contributed by atoms with Crippen molar-refractivity contribution in [3.63, 3.8) is 0 Å². The number of aliphatic hydroxyl groups excluding tert-OH is 1. The second-order valence-corrected chi connectivity index (χ2v) is 3.54. The summed E-state index contributed by atoms with van der Waals surface area (Å²) >= 11 is 0. The first-order valence-corrected chi connectivity index (χ1v) is 5.42. The summed E-state index contributed by atoms with van der Waals surface area (Å²) in [5, 5.41) is 8.82. The SMILES string of the molecule is C=CCN(CCO)C(=O)C(N)CCCOC. The molecule has 0 aromatic carbocycles. The smallest absolute Gasteiger partial charge is 0.239 e. The van der Waals surface area contributed by atoms with Gasteiger partial charge in [-0.1, -0.05) is 6.08 Å². The molecule has 94 valence electrons. The van der Waals surface area contributed by atoms with E-state index >= 15 is 0 Å². The van der Waals surface area contributed by atoms with Crippen LogP contribution < -0.4 is 5.73 Å². The molecular formula is C11H22N2O3. The third-order valence-corrected chi connectivity index (χ3v) is 2.21. The normalized spacial score (nSPS) is 12.2. The van der Waals surface area contributed by atoms with Gasteiger partial charge < -0.3 is 20.5 Å². The predicted molar refractivity (Wildman–Crippen MR) is 62.9 cm³/mol. The largest absolute Gasteiger partial charge is 0.395 e. The van der Waals surface area contributed by atoms with Gasteiger partial charge in [0.25, 0.3) is 0 Å². The minimum absolute atomic E-state index is 0.0651. The summed E-state index contributed by atoms with van der Waals surface area (Å²) in [4.78, 5) is 13.3. The Morgan fingerprint density at radius 3 is 2.88 bits per heavy atom. The first kappa shape index (κ1) is 15.1. The van der Waals surface area contributed by atoms with Crippen LogP contribution in [0.3, 0.4) is 0 Å². The number of rotatable bonds is 9. The van der Waals surface area contributed by atoms with Crippen molar-refractivity contribution in [2.75, 3.05) is 33.4 Å². The Kier molecular flexibility index (Phi) is 8.80.